The highest BCUT2D eigenvalue weighted by Crippen LogP contribution is 2.39. The van der Waals surface area contributed by atoms with Gasteiger partial charge in [0.25, 0.3) is 5.56 Å². The summed E-state index contributed by atoms with van der Waals surface area (Å²) in [6, 6.07) is 9.14. The van der Waals surface area contributed by atoms with Gasteiger partial charge in [-0.25, -0.2) is 4.98 Å². The molecule has 2 N–H and O–H groups in total. The van der Waals surface area contributed by atoms with Crippen LogP contribution in [-0.2, 0) is 7.05 Å². The van der Waals surface area contributed by atoms with Gasteiger partial charge in [-0.05, 0) is 55.1 Å². The van der Waals surface area contributed by atoms with Crippen molar-refractivity contribution in [3.63, 3.8) is 0 Å². The van der Waals surface area contributed by atoms with Crippen LogP contribution < -0.4 is 10.9 Å². The predicted octanol–water partition coefficient (Wildman–Crippen LogP) is 6.42. The molecular weight excluding hydrogens is 483 g/mol. The van der Waals surface area contributed by atoms with Crippen LogP contribution in [0.5, 0.6) is 0 Å². The number of aryl methyl sites for hydroxylation is 3. The number of imidazole rings is 1. The van der Waals surface area contributed by atoms with Crippen molar-refractivity contribution in [2.45, 2.75) is 13.8 Å². The largest absolute Gasteiger partial charge is 0.326 e. The Morgan fingerprint density at radius 2 is 1.74 bits per heavy atom. The van der Waals surface area contributed by atoms with E-state index in [4.69, 9.17) is 23.2 Å². The number of benzene rings is 2. The molecule has 3 aromatic heterocycles. The highest BCUT2D eigenvalue weighted by molar-refractivity contribution is 6.39. The molecular formula is C24H17Cl2F2N5O. The van der Waals surface area contributed by atoms with Gasteiger partial charge in [-0.15, -0.1) is 0 Å². The van der Waals surface area contributed by atoms with Crippen molar-refractivity contribution in [3.8, 4) is 11.1 Å². The van der Waals surface area contributed by atoms with Gasteiger partial charge in [0.2, 0.25) is 17.8 Å². The maximum atomic E-state index is 14.8. The number of hydrogen-bond acceptors (Lipinski definition) is 4. The Hall–Kier alpha value is -3.49. The second kappa shape index (κ2) is 8.07. The number of halogens is 4. The molecule has 0 atom stereocenters. The number of aromatic nitrogens is 4. The molecule has 3 heterocycles. The van der Waals surface area contributed by atoms with E-state index >= 15 is 0 Å². The fraction of sp³-hybridized carbons (Fsp3) is 0.125. The quantitative estimate of drug-likeness (QED) is 0.280. The van der Waals surface area contributed by atoms with E-state index in [1.165, 1.54) is 6.07 Å². The first-order valence-corrected chi connectivity index (χ1v) is 11.0. The standard InChI is InChI=1S/C24H17Cl2F2N5O/c1-10-11(2)29-23(34)18-13(10)9-14(12-7-8-17(27)30-22(12)28)19-21(18)33(3)24(31-19)32-20-15(25)5-4-6-16(20)26/h4-9H,1-3H3,(H,29,34)(H,31,32). The third kappa shape index (κ3) is 3.41. The fourth-order valence-electron chi connectivity index (χ4n) is 4.10. The molecule has 0 aliphatic rings. The molecule has 0 aliphatic carbocycles. The number of anilines is 2. The lowest BCUT2D eigenvalue weighted by Gasteiger charge is -2.12. The molecule has 6 nitrogen and oxygen atoms in total. The smallest absolute Gasteiger partial charge is 0.258 e. The Labute approximate surface area is 202 Å². The molecule has 0 unspecified atom stereocenters. The zero-order valence-electron chi connectivity index (χ0n) is 18.2. The van der Waals surface area contributed by atoms with E-state index in [1.807, 2.05) is 6.92 Å². The summed E-state index contributed by atoms with van der Waals surface area (Å²) in [4.78, 5) is 23.9. The molecule has 10 heteroatoms. The average Bonchev–Trinajstić information content (AvgIpc) is 3.10. The third-order valence-electron chi connectivity index (χ3n) is 5.94. The van der Waals surface area contributed by atoms with Crippen molar-refractivity contribution in [1.82, 2.24) is 19.5 Å². The van der Waals surface area contributed by atoms with Crippen LogP contribution in [0.3, 0.4) is 0 Å². The van der Waals surface area contributed by atoms with Gasteiger partial charge in [-0.2, -0.15) is 13.8 Å². The molecule has 5 rings (SSSR count). The summed E-state index contributed by atoms with van der Waals surface area (Å²) in [5.74, 6) is -1.58. The Balaban J connectivity index is 1.91. The molecule has 0 spiro atoms. The van der Waals surface area contributed by atoms with Crippen LogP contribution in [0.1, 0.15) is 11.3 Å². The van der Waals surface area contributed by atoms with E-state index in [2.05, 4.69) is 20.3 Å². The summed E-state index contributed by atoms with van der Waals surface area (Å²) in [5, 5.41) is 4.89. The average molecular weight is 500 g/mol. The zero-order chi connectivity index (χ0) is 24.3. The Bertz CT molecular complexity index is 1670. The molecule has 0 bridgehead atoms. The summed E-state index contributed by atoms with van der Waals surface area (Å²) in [7, 11) is 1.72. The lowest BCUT2D eigenvalue weighted by atomic mass is 9.97. The summed E-state index contributed by atoms with van der Waals surface area (Å²) < 4.78 is 30.0. The molecule has 0 saturated heterocycles. The molecule has 0 amide bonds. The molecule has 0 saturated carbocycles. The lowest BCUT2D eigenvalue weighted by Crippen LogP contribution is -2.11. The number of nitrogens with one attached hydrogen (secondary N) is 2. The summed E-state index contributed by atoms with van der Waals surface area (Å²) in [6.07, 6.45) is 0. The minimum Gasteiger partial charge on any atom is -0.326 e. The number of nitrogens with zero attached hydrogens (tertiary/aromatic N) is 3. The Kier molecular flexibility index (Phi) is 5.30. The number of hydrogen-bond donors (Lipinski definition) is 2. The van der Waals surface area contributed by atoms with Gasteiger partial charge in [0.05, 0.1) is 32.2 Å². The SMILES string of the molecule is Cc1[nH]c(=O)c2c(cc(-c3ccc(F)nc3F)c3nc(Nc4c(Cl)cccc4Cl)n(C)c32)c1C. The van der Waals surface area contributed by atoms with Crippen molar-refractivity contribution >= 4 is 56.6 Å². The molecule has 34 heavy (non-hydrogen) atoms. The number of pyridine rings is 2. The van der Waals surface area contributed by atoms with Crippen LogP contribution in [0.15, 0.2) is 41.2 Å². The van der Waals surface area contributed by atoms with E-state index in [0.717, 1.165) is 11.6 Å². The first-order chi connectivity index (χ1) is 16.2. The van der Waals surface area contributed by atoms with Crippen molar-refractivity contribution < 1.29 is 8.78 Å². The molecule has 0 aliphatic heterocycles. The monoisotopic (exact) mass is 499 g/mol. The van der Waals surface area contributed by atoms with Crippen molar-refractivity contribution in [3.05, 3.63) is 80.0 Å². The first kappa shape index (κ1) is 22.3. The Morgan fingerprint density at radius 1 is 1.03 bits per heavy atom. The van der Waals surface area contributed by atoms with E-state index in [0.29, 0.717) is 54.7 Å². The highest BCUT2D eigenvalue weighted by Gasteiger charge is 2.22. The second-order valence-corrected chi connectivity index (χ2v) is 8.75. The summed E-state index contributed by atoms with van der Waals surface area (Å²) in [5.41, 5.74) is 2.86. The van der Waals surface area contributed by atoms with Gasteiger partial charge in [0.1, 0.15) is 0 Å². The molecule has 0 fully saturated rings. The van der Waals surface area contributed by atoms with Crippen LogP contribution >= 0.6 is 23.2 Å². The van der Waals surface area contributed by atoms with Crippen molar-refractivity contribution in [2.24, 2.45) is 7.05 Å². The minimum absolute atomic E-state index is 0.0612. The van der Waals surface area contributed by atoms with Gasteiger partial charge in [0.15, 0.2) is 0 Å². The Morgan fingerprint density at radius 3 is 2.41 bits per heavy atom. The van der Waals surface area contributed by atoms with E-state index < -0.39 is 11.9 Å². The number of rotatable bonds is 3. The van der Waals surface area contributed by atoms with Crippen LogP contribution in [0, 0.1) is 25.7 Å². The number of H-pyrrole nitrogens is 1. The van der Waals surface area contributed by atoms with E-state index in [9.17, 15) is 13.6 Å². The second-order valence-electron chi connectivity index (χ2n) is 7.94. The summed E-state index contributed by atoms with van der Waals surface area (Å²) >= 11 is 12.6. The van der Waals surface area contributed by atoms with Gasteiger partial charge in [-0.1, -0.05) is 29.3 Å². The molecule has 172 valence electrons. The van der Waals surface area contributed by atoms with Crippen LogP contribution in [0.2, 0.25) is 10.0 Å². The maximum Gasteiger partial charge on any atom is 0.258 e. The number of fused-ring (bicyclic) bond motifs is 3. The highest BCUT2D eigenvalue weighted by atomic mass is 35.5. The molecule has 2 aromatic carbocycles. The van der Waals surface area contributed by atoms with Crippen LogP contribution in [0.4, 0.5) is 20.4 Å². The molecule has 0 radical (unpaired) electrons. The summed E-state index contributed by atoms with van der Waals surface area (Å²) in [6.45, 7) is 3.65. The molecule has 5 aromatic rings. The fourth-order valence-corrected chi connectivity index (χ4v) is 4.59. The number of para-hydroxylation sites is 1. The van der Waals surface area contributed by atoms with Gasteiger partial charge in [-0.3, -0.25) is 4.79 Å². The van der Waals surface area contributed by atoms with Crippen molar-refractivity contribution in [1.29, 1.82) is 0 Å². The maximum absolute atomic E-state index is 14.8. The van der Waals surface area contributed by atoms with Gasteiger partial charge >= 0.3 is 0 Å². The van der Waals surface area contributed by atoms with Gasteiger partial charge < -0.3 is 14.9 Å². The minimum atomic E-state index is -0.978. The predicted molar refractivity (Wildman–Crippen MR) is 131 cm³/mol. The van der Waals surface area contributed by atoms with E-state index in [1.54, 1.807) is 42.8 Å². The zero-order valence-corrected chi connectivity index (χ0v) is 19.7. The topological polar surface area (TPSA) is 75.6 Å². The normalized spacial score (nSPS) is 11.5. The van der Waals surface area contributed by atoms with Crippen LogP contribution in [-0.4, -0.2) is 19.5 Å². The van der Waals surface area contributed by atoms with Crippen LogP contribution in [0.25, 0.3) is 32.9 Å². The first-order valence-electron chi connectivity index (χ1n) is 10.2. The van der Waals surface area contributed by atoms with E-state index in [-0.39, 0.29) is 11.1 Å². The van der Waals surface area contributed by atoms with Gasteiger partial charge in [0, 0.05) is 23.9 Å². The van der Waals surface area contributed by atoms with Crippen molar-refractivity contribution in [2.75, 3.05) is 5.32 Å². The third-order valence-corrected chi connectivity index (χ3v) is 6.57. The lowest BCUT2D eigenvalue weighted by molar-refractivity contribution is 0.515. The number of aromatic amines is 1.